The molecule has 0 saturated carbocycles. The lowest BCUT2D eigenvalue weighted by Gasteiger charge is -2.28. The number of likely N-dealkylation sites (tertiary alicyclic amines) is 1. The number of carbonyl (C=O) groups excluding carboxylic acids is 1. The molecule has 2 aromatic rings. The summed E-state index contributed by atoms with van der Waals surface area (Å²) in [7, 11) is -3.72. The normalized spacial score (nSPS) is 14.6. The lowest BCUT2D eigenvalue weighted by atomic mass is 10.0. The van der Waals surface area contributed by atoms with Crippen molar-refractivity contribution in [2.75, 3.05) is 24.4 Å². The van der Waals surface area contributed by atoms with E-state index in [0.29, 0.717) is 36.7 Å². The van der Waals surface area contributed by atoms with E-state index in [1.807, 2.05) is 6.92 Å². The lowest BCUT2D eigenvalue weighted by Crippen LogP contribution is -2.36. The van der Waals surface area contributed by atoms with Gasteiger partial charge in [-0.2, -0.15) is 0 Å². The SMILES string of the molecule is C=C1CCN(C(=O)c2ccc(NS(=O)(=O)c3ccc(OCC)cc3)cc2)CC1. The molecule has 0 aliphatic carbocycles. The second-order valence-corrected chi connectivity index (χ2v) is 8.31. The molecule has 1 fully saturated rings. The van der Waals surface area contributed by atoms with Gasteiger partial charge in [0.2, 0.25) is 0 Å². The third-order valence-corrected chi connectivity index (χ3v) is 5.98. The molecule has 1 heterocycles. The van der Waals surface area contributed by atoms with E-state index in [9.17, 15) is 13.2 Å². The fraction of sp³-hybridized carbons (Fsp3) is 0.286. The number of nitrogens with one attached hydrogen (secondary N) is 1. The van der Waals surface area contributed by atoms with Crippen LogP contribution in [0.3, 0.4) is 0 Å². The van der Waals surface area contributed by atoms with E-state index >= 15 is 0 Å². The van der Waals surface area contributed by atoms with E-state index in [1.165, 1.54) is 17.7 Å². The van der Waals surface area contributed by atoms with Crippen LogP contribution in [0, 0.1) is 0 Å². The zero-order valence-electron chi connectivity index (χ0n) is 15.8. The number of anilines is 1. The molecule has 1 amide bonds. The van der Waals surface area contributed by atoms with Crippen LogP contribution in [0.2, 0.25) is 0 Å². The lowest BCUT2D eigenvalue weighted by molar-refractivity contribution is 0.0744. The van der Waals surface area contributed by atoms with Gasteiger partial charge in [-0.25, -0.2) is 8.42 Å². The molecule has 1 saturated heterocycles. The van der Waals surface area contributed by atoms with Crippen LogP contribution < -0.4 is 9.46 Å². The first-order chi connectivity index (χ1) is 13.4. The molecule has 1 aliphatic rings. The quantitative estimate of drug-likeness (QED) is 0.751. The molecule has 0 atom stereocenters. The first-order valence-electron chi connectivity index (χ1n) is 9.21. The number of hydrogen-bond donors (Lipinski definition) is 1. The highest BCUT2D eigenvalue weighted by Gasteiger charge is 2.20. The van der Waals surface area contributed by atoms with Crippen LogP contribution in [0.15, 0.2) is 65.6 Å². The Kier molecular flexibility index (Phi) is 6.04. The monoisotopic (exact) mass is 400 g/mol. The highest BCUT2D eigenvalue weighted by atomic mass is 32.2. The second kappa shape index (κ2) is 8.48. The molecule has 0 unspecified atom stereocenters. The summed E-state index contributed by atoms with van der Waals surface area (Å²) >= 11 is 0. The van der Waals surface area contributed by atoms with E-state index in [0.717, 1.165) is 12.8 Å². The maximum absolute atomic E-state index is 12.6. The van der Waals surface area contributed by atoms with Crippen LogP contribution in [0.5, 0.6) is 5.75 Å². The topological polar surface area (TPSA) is 75.7 Å². The van der Waals surface area contributed by atoms with Crippen molar-refractivity contribution in [2.24, 2.45) is 0 Å². The average Bonchev–Trinajstić information content (AvgIpc) is 2.69. The zero-order valence-corrected chi connectivity index (χ0v) is 16.7. The molecule has 1 aliphatic heterocycles. The third-order valence-electron chi connectivity index (χ3n) is 4.59. The predicted molar refractivity (Wildman–Crippen MR) is 109 cm³/mol. The fourth-order valence-electron chi connectivity index (χ4n) is 2.99. The fourth-order valence-corrected chi connectivity index (χ4v) is 4.04. The molecule has 7 heteroatoms. The van der Waals surface area contributed by atoms with Crippen LogP contribution in [-0.2, 0) is 10.0 Å². The number of amides is 1. The maximum atomic E-state index is 12.6. The van der Waals surface area contributed by atoms with Crippen molar-refractivity contribution < 1.29 is 17.9 Å². The van der Waals surface area contributed by atoms with Gasteiger partial charge < -0.3 is 9.64 Å². The van der Waals surface area contributed by atoms with Crippen LogP contribution >= 0.6 is 0 Å². The smallest absolute Gasteiger partial charge is 0.261 e. The highest BCUT2D eigenvalue weighted by molar-refractivity contribution is 7.92. The zero-order chi connectivity index (χ0) is 20.1. The Balaban J connectivity index is 1.67. The van der Waals surface area contributed by atoms with E-state index in [-0.39, 0.29) is 10.8 Å². The first kappa shape index (κ1) is 19.9. The number of ether oxygens (including phenoxy) is 1. The van der Waals surface area contributed by atoms with Gasteiger partial charge in [-0.05, 0) is 68.3 Å². The Labute approximate surface area is 165 Å². The maximum Gasteiger partial charge on any atom is 0.261 e. The second-order valence-electron chi connectivity index (χ2n) is 6.63. The van der Waals surface area contributed by atoms with Crippen LogP contribution in [0.25, 0.3) is 0 Å². The van der Waals surface area contributed by atoms with Crippen molar-refractivity contribution >= 4 is 21.6 Å². The Bertz CT molecular complexity index is 941. The summed E-state index contributed by atoms with van der Waals surface area (Å²) in [6, 6.07) is 12.7. The molecular formula is C21H24N2O4S. The highest BCUT2D eigenvalue weighted by Crippen LogP contribution is 2.21. The molecule has 0 spiro atoms. The Morgan fingerprint density at radius 3 is 2.25 bits per heavy atom. The minimum absolute atomic E-state index is 0.0478. The van der Waals surface area contributed by atoms with Gasteiger partial charge in [-0.1, -0.05) is 12.2 Å². The number of sulfonamides is 1. The van der Waals surface area contributed by atoms with Crippen LogP contribution in [-0.4, -0.2) is 38.9 Å². The van der Waals surface area contributed by atoms with Crippen LogP contribution in [0.4, 0.5) is 5.69 Å². The molecule has 2 aromatic carbocycles. The van der Waals surface area contributed by atoms with E-state index in [2.05, 4.69) is 11.3 Å². The Hall–Kier alpha value is -2.80. The van der Waals surface area contributed by atoms with Gasteiger partial charge in [0.15, 0.2) is 0 Å². The Morgan fingerprint density at radius 1 is 1.07 bits per heavy atom. The predicted octanol–water partition coefficient (Wildman–Crippen LogP) is 3.68. The summed E-state index contributed by atoms with van der Waals surface area (Å²) in [5.74, 6) is 0.569. The molecular weight excluding hydrogens is 376 g/mol. The van der Waals surface area contributed by atoms with E-state index in [4.69, 9.17) is 4.74 Å². The number of hydrogen-bond acceptors (Lipinski definition) is 4. The van der Waals surface area contributed by atoms with E-state index in [1.54, 1.807) is 41.3 Å². The van der Waals surface area contributed by atoms with Crippen molar-refractivity contribution in [3.05, 3.63) is 66.2 Å². The summed E-state index contributed by atoms with van der Waals surface area (Å²) in [6.45, 7) is 7.68. The van der Waals surface area contributed by atoms with Crippen LogP contribution in [0.1, 0.15) is 30.1 Å². The van der Waals surface area contributed by atoms with E-state index < -0.39 is 10.0 Å². The standard InChI is InChI=1S/C21H24N2O4S/c1-3-27-19-8-10-20(11-9-19)28(25,26)22-18-6-4-17(5-7-18)21(24)23-14-12-16(2)13-15-23/h4-11,22H,2-3,12-15H2,1H3. The summed E-state index contributed by atoms with van der Waals surface area (Å²) < 4.78 is 32.9. The molecule has 28 heavy (non-hydrogen) atoms. The van der Waals surface area contributed by atoms with Crippen molar-refractivity contribution in [1.82, 2.24) is 4.90 Å². The summed E-state index contributed by atoms with van der Waals surface area (Å²) in [5.41, 5.74) is 2.11. The third kappa shape index (κ3) is 4.72. The van der Waals surface area contributed by atoms with Gasteiger partial charge in [0.1, 0.15) is 5.75 Å². The number of carbonyl (C=O) groups is 1. The number of nitrogens with zero attached hydrogens (tertiary/aromatic N) is 1. The summed E-state index contributed by atoms with van der Waals surface area (Å²) in [5, 5.41) is 0. The molecule has 0 bridgehead atoms. The molecule has 0 radical (unpaired) electrons. The largest absolute Gasteiger partial charge is 0.494 e. The number of benzene rings is 2. The molecule has 0 aromatic heterocycles. The van der Waals surface area contributed by atoms with Gasteiger partial charge in [0.05, 0.1) is 11.5 Å². The Morgan fingerprint density at radius 2 is 1.68 bits per heavy atom. The number of piperidine rings is 1. The number of rotatable bonds is 6. The van der Waals surface area contributed by atoms with Crippen molar-refractivity contribution in [3.63, 3.8) is 0 Å². The molecule has 6 nitrogen and oxygen atoms in total. The van der Waals surface area contributed by atoms with Crippen molar-refractivity contribution in [3.8, 4) is 5.75 Å². The van der Waals surface area contributed by atoms with Gasteiger partial charge >= 0.3 is 0 Å². The first-order valence-corrected chi connectivity index (χ1v) is 10.7. The van der Waals surface area contributed by atoms with Gasteiger partial charge in [0.25, 0.3) is 15.9 Å². The van der Waals surface area contributed by atoms with Crippen molar-refractivity contribution in [2.45, 2.75) is 24.7 Å². The molecule has 1 N–H and O–H groups in total. The molecule has 148 valence electrons. The average molecular weight is 401 g/mol. The minimum Gasteiger partial charge on any atom is -0.494 e. The summed E-state index contributed by atoms with van der Waals surface area (Å²) in [4.78, 5) is 14.5. The van der Waals surface area contributed by atoms with Gasteiger partial charge in [0, 0.05) is 24.3 Å². The minimum atomic E-state index is -3.72. The van der Waals surface area contributed by atoms with Gasteiger partial charge in [-0.15, -0.1) is 0 Å². The molecule has 3 rings (SSSR count). The van der Waals surface area contributed by atoms with Crippen molar-refractivity contribution in [1.29, 1.82) is 0 Å². The summed E-state index contributed by atoms with van der Waals surface area (Å²) in [6.07, 6.45) is 1.65. The van der Waals surface area contributed by atoms with Gasteiger partial charge in [-0.3, -0.25) is 9.52 Å².